The predicted molar refractivity (Wildman–Crippen MR) is 141 cm³/mol. The van der Waals surface area contributed by atoms with E-state index in [4.69, 9.17) is 9.47 Å². The van der Waals surface area contributed by atoms with E-state index in [-0.39, 0.29) is 10.9 Å². The number of likely N-dealkylation sites (tertiary alicyclic amines) is 1. The molecular formula is C28H30N2O6S. The lowest BCUT2D eigenvalue weighted by atomic mass is 10.0. The number of rotatable bonds is 7. The van der Waals surface area contributed by atoms with Gasteiger partial charge in [0.2, 0.25) is 0 Å². The summed E-state index contributed by atoms with van der Waals surface area (Å²) in [6, 6.07) is 21.1. The van der Waals surface area contributed by atoms with Crippen molar-refractivity contribution in [1.82, 2.24) is 4.90 Å². The summed E-state index contributed by atoms with van der Waals surface area (Å²) < 4.78 is 36.4. The van der Waals surface area contributed by atoms with Gasteiger partial charge in [0.15, 0.2) is 9.84 Å². The van der Waals surface area contributed by atoms with E-state index in [2.05, 4.69) is 5.32 Å². The van der Waals surface area contributed by atoms with Crippen LogP contribution in [0.4, 0.5) is 10.5 Å². The second kappa shape index (κ2) is 11.6. The van der Waals surface area contributed by atoms with Crippen LogP contribution in [0.25, 0.3) is 11.1 Å². The average Bonchev–Trinajstić information content (AvgIpc) is 2.93. The van der Waals surface area contributed by atoms with E-state index in [0.29, 0.717) is 43.8 Å². The maximum atomic E-state index is 13.3. The van der Waals surface area contributed by atoms with E-state index in [1.807, 2.05) is 36.4 Å². The molecule has 0 aromatic heterocycles. The van der Waals surface area contributed by atoms with Crippen LogP contribution in [0.2, 0.25) is 0 Å². The minimum absolute atomic E-state index is 0.287. The van der Waals surface area contributed by atoms with Gasteiger partial charge in [0.25, 0.3) is 0 Å². The Labute approximate surface area is 217 Å². The Kier molecular flexibility index (Phi) is 8.25. The number of carbonyl (C=O) groups excluding carboxylic acids is 2. The Balaban J connectivity index is 1.36. The van der Waals surface area contributed by atoms with Crippen LogP contribution in [0.1, 0.15) is 28.8 Å². The van der Waals surface area contributed by atoms with Gasteiger partial charge < -0.3 is 19.7 Å². The van der Waals surface area contributed by atoms with Crippen molar-refractivity contribution < 1.29 is 27.5 Å². The van der Waals surface area contributed by atoms with Crippen LogP contribution >= 0.6 is 0 Å². The predicted octanol–water partition coefficient (Wildman–Crippen LogP) is 4.76. The molecular weight excluding hydrogens is 492 g/mol. The van der Waals surface area contributed by atoms with Crippen LogP contribution < -0.4 is 5.32 Å². The largest absolute Gasteiger partial charge is 0.465 e. The molecule has 194 valence electrons. The van der Waals surface area contributed by atoms with E-state index in [0.717, 1.165) is 16.7 Å². The average molecular weight is 523 g/mol. The molecule has 0 atom stereocenters. The first kappa shape index (κ1) is 26.4. The van der Waals surface area contributed by atoms with Crippen LogP contribution in [0.15, 0.2) is 77.7 Å². The van der Waals surface area contributed by atoms with Crippen LogP contribution in [0, 0.1) is 0 Å². The number of esters is 1. The molecule has 9 heteroatoms. The van der Waals surface area contributed by atoms with E-state index in [9.17, 15) is 18.0 Å². The van der Waals surface area contributed by atoms with Gasteiger partial charge in [0.05, 0.1) is 29.4 Å². The number of urea groups is 1. The quantitative estimate of drug-likeness (QED) is 0.449. The minimum Gasteiger partial charge on any atom is -0.465 e. The van der Waals surface area contributed by atoms with Crippen molar-refractivity contribution >= 4 is 27.5 Å². The minimum atomic E-state index is -3.53. The molecule has 0 aliphatic carbocycles. The van der Waals surface area contributed by atoms with Crippen molar-refractivity contribution in [3.63, 3.8) is 0 Å². The number of methoxy groups -OCH3 is 2. The molecule has 0 unspecified atom stereocenters. The van der Waals surface area contributed by atoms with Gasteiger partial charge in [-0.1, -0.05) is 42.5 Å². The monoisotopic (exact) mass is 522 g/mol. The van der Waals surface area contributed by atoms with Crippen molar-refractivity contribution in [3.05, 3.63) is 83.9 Å². The summed E-state index contributed by atoms with van der Waals surface area (Å²) >= 11 is 0. The fourth-order valence-corrected chi connectivity index (χ4v) is 6.13. The number of nitrogens with one attached hydrogen (secondary N) is 1. The first-order valence-electron chi connectivity index (χ1n) is 12.0. The number of carbonyl (C=O) groups is 2. The highest BCUT2D eigenvalue weighted by Crippen LogP contribution is 2.28. The highest BCUT2D eigenvalue weighted by molar-refractivity contribution is 7.92. The highest BCUT2D eigenvalue weighted by Gasteiger charge is 2.32. The van der Waals surface area contributed by atoms with Gasteiger partial charge in [-0.3, -0.25) is 0 Å². The summed E-state index contributed by atoms with van der Waals surface area (Å²) in [6.07, 6.45) is 0.696. The number of hydrogen-bond acceptors (Lipinski definition) is 6. The SMILES string of the molecule is COCc1ccc(-c2ccc(S(=O)(=O)C3CCN(C(=O)Nc4cccc(C(=O)OC)c4)CC3)cc2)cc1. The van der Waals surface area contributed by atoms with Crippen LogP contribution in [-0.2, 0) is 25.9 Å². The summed E-state index contributed by atoms with van der Waals surface area (Å²) in [6.45, 7) is 1.18. The van der Waals surface area contributed by atoms with Gasteiger partial charge in [-0.15, -0.1) is 0 Å². The normalized spacial score (nSPS) is 14.3. The van der Waals surface area contributed by atoms with E-state index < -0.39 is 21.1 Å². The zero-order valence-electron chi connectivity index (χ0n) is 20.8. The van der Waals surface area contributed by atoms with Gasteiger partial charge in [0, 0.05) is 25.9 Å². The van der Waals surface area contributed by atoms with Gasteiger partial charge in [-0.25, -0.2) is 18.0 Å². The maximum absolute atomic E-state index is 13.3. The molecule has 0 spiro atoms. The number of nitrogens with zero attached hydrogens (tertiary/aromatic N) is 1. The molecule has 0 radical (unpaired) electrons. The molecule has 1 saturated heterocycles. The highest BCUT2D eigenvalue weighted by atomic mass is 32.2. The van der Waals surface area contributed by atoms with Gasteiger partial charge in [-0.2, -0.15) is 0 Å². The Morgan fingerprint density at radius 1 is 0.919 bits per heavy atom. The van der Waals surface area contributed by atoms with Gasteiger partial charge in [0.1, 0.15) is 0 Å². The van der Waals surface area contributed by atoms with E-state index >= 15 is 0 Å². The number of amides is 2. The number of hydrogen-bond donors (Lipinski definition) is 1. The number of anilines is 1. The third-order valence-corrected chi connectivity index (χ3v) is 8.76. The van der Waals surface area contributed by atoms with Crippen LogP contribution in [-0.4, -0.2) is 57.9 Å². The molecule has 0 saturated carbocycles. The number of sulfone groups is 1. The fraction of sp³-hybridized carbons (Fsp3) is 0.286. The Morgan fingerprint density at radius 2 is 1.54 bits per heavy atom. The van der Waals surface area contributed by atoms with Crippen molar-refractivity contribution in [3.8, 4) is 11.1 Å². The van der Waals surface area contributed by atoms with Crippen LogP contribution in [0.3, 0.4) is 0 Å². The Hall–Kier alpha value is -3.69. The molecule has 1 fully saturated rings. The second-order valence-corrected chi connectivity index (χ2v) is 11.1. The lowest BCUT2D eigenvalue weighted by molar-refractivity contribution is 0.0600. The number of ether oxygens (including phenoxy) is 2. The summed E-state index contributed by atoms with van der Waals surface area (Å²) in [5, 5.41) is 2.21. The molecule has 4 rings (SSSR count). The molecule has 37 heavy (non-hydrogen) atoms. The van der Waals surface area contributed by atoms with Crippen LogP contribution in [0.5, 0.6) is 0 Å². The molecule has 3 aromatic rings. The van der Waals surface area contributed by atoms with E-state index in [1.54, 1.807) is 48.4 Å². The number of benzene rings is 3. The van der Waals surface area contributed by atoms with Crippen molar-refractivity contribution in [1.29, 1.82) is 0 Å². The molecule has 1 aliphatic heterocycles. The molecule has 8 nitrogen and oxygen atoms in total. The lowest BCUT2D eigenvalue weighted by Crippen LogP contribution is -2.44. The summed E-state index contributed by atoms with van der Waals surface area (Å²) in [5.74, 6) is -0.491. The molecule has 0 bridgehead atoms. The lowest BCUT2D eigenvalue weighted by Gasteiger charge is -2.31. The van der Waals surface area contributed by atoms with Crippen molar-refractivity contribution in [2.24, 2.45) is 0 Å². The Bertz CT molecular complexity index is 1350. The molecule has 1 aliphatic rings. The maximum Gasteiger partial charge on any atom is 0.337 e. The smallest absolute Gasteiger partial charge is 0.337 e. The second-order valence-electron chi connectivity index (χ2n) is 8.89. The Morgan fingerprint density at radius 3 is 2.14 bits per heavy atom. The first-order chi connectivity index (χ1) is 17.8. The summed E-state index contributed by atoms with van der Waals surface area (Å²) in [4.78, 5) is 26.3. The van der Waals surface area contributed by atoms with Crippen molar-refractivity contribution in [2.45, 2.75) is 29.6 Å². The molecule has 1 N–H and O–H groups in total. The molecule has 2 amide bonds. The summed E-state index contributed by atoms with van der Waals surface area (Å²) in [5.41, 5.74) is 3.81. The molecule has 1 heterocycles. The van der Waals surface area contributed by atoms with Gasteiger partial charge >= 0.3 is 12.0 Å². The topological polar surface area (TPSA) is 102 Å². The third kappa shape index (κ3) is 6.18. The van der Waals surface area contributed by atoms with E-state index in [1.165, 1.54) is 7.11 Å². The summed E-state index contributed by atoms with van der Waals surface area (Å²) in [7, 11) is -0.581. The fourth-order valence-electron chi connectivity index (χ4n) is 4.40. The third-order valence-electron chi connectivity index (χ3n) is 6.48. The van der Waals surface area contributed by atoms with Gasteiger partial charge in [-0.05, 0) is 59.9 Å². The zero-order chi connectivity index (χ0) is 26.4. The molecule has 3 aromatic carbocycles. The first-order valence-corrected chi connectivity index (χ1v) is 13.5. The number of piperidine rings is 1. The zero-order valence-corrected chi connectivity index (χ0v) is 21.7. The van der Waals surface area contributed by atoms with Crippen molar-refractivity contribution in [2.75, 3.05) is 32.6 Å². The standard InChI is InChI=1S/C28H30N2O6S/c1-35-19-20-6-8-21(9-7-20)22-10-12-25(13-11-22)37(33,34)26-14-16-30(17-15-26)28(32)29-24-5-3-4-23(18-24)27(31)36-2/h3-13,18,26H,14-17,19H2,1-2H3,(H,29,32).